The van der Waals surface area contributed by atoms with Crippen molar-refractivity contribution < 1.29 is 42.9 Å². The van der Waals surface area contributed by atoms with E-state index in [0.717, 1.165) is 20.8 Å². The van der Waals surface area contributed by atoms with Gasteiger partial charge in [-0.1, -0.05) is 0 Å². The van der Waals surface area contributed by atoms with Gasteiger partial charge in [0.2, 0.25) is 6.29 Å². The van der Waals surface area contributed by atoms with Crippen LogP contribution in [-0.4, -0.2) is 61.1 Å². The van der Waals surface area contributed by atoms with Gasteiger partial charge in [-0.3, -0.25) is 19.2 Å². The van der Waals surface area contributed by atoms with Gasteiger partial charge in [0.05, 0.1) is 0 Å². The normalized spacial score (nSPS) is 28.1. The van der Waals surface area contributed by atoms with Crippen LogP contribution in [0.5, 0.6) is 0 Å². The van der Waals surface area contributed by atoms with Gasteiger partial charge in [-0.2, -0.15) is 0 Å². The zero-order chi connectivity index (χ0) is 18.4. The van der Waals surface area contributed by atoms with Crippen LogP contribution in [0.3, 0.4) is 0 Å². The van der Waals surface area contributed by atoms with Gasteiger partial charge in [0.15, 0.2) is 12.2 Å². The summed E-state index contributed by atoms with van der Waals surface area (Å²) in [7, 11) is 0. The molecule has 1 heterocycles. The fourth-order valence-corrected chi connectivity index (χ4v) is 2.20. The Morgan fingerprint density at radius 3 is 1.76 bits per heavy atom. The van der Waals surface area contributed by atoms with Gasteiger partial charge in [0.25, 0.3) is 0 Å². The summed E-state index contributed by atoms with van der Waals surface area (Å²) in [5, 5.41) is 0. The molecule has 1 aliphatic rings. The summed E-state index contributed by atoms with van der Waals surface area (Å²) >= 11 is 0. The number of ether oxygens (including phenoxy) is 5. The molecule has 11 heteroatoms. The minimum Gasteiger partial charge on any atom is -0.463 e. The molecule has 1 fully saturated rings. The molecule has 0 aromatic carbocycles. The fraction of sp³-hybridized carbons (Fsp3) is 0.714. The molecule has 1 aliphatic heterocycles. The predicted molar refractivity (Wildman–Crippen MR) is 83.4 cm³/mol. The van der Waals surface area contributed by atoms with E-state index >= 15 is 0 Å². The monoisotopic (exact) mass is 383 g/mol. The fourth-order valence-electron chi connectivity index (χ4n) is 2.20. The van der Waals surface area contributed by atoms with Crippen molar-refractivity contribution in [1.29, 1.82) is 0 Å². The van der Waals surface area contributed by atoms with E-state index in [1.165, 1.54) is 6.92 Å². The second-order valence-electron chi connectivity index (χ2n) is 5.18. The molecule has 5 atom stereocenters. The van der Waals surface area contributed by atoms with E-state index < -0.39 is 54.5 Å². The smallest absolute Gasteiger partial charge is 0.304 e. The van der Waals surface area contributed by atoms with Crippen LogP contribution in [0.1, 0.15) is 27.7 Å². The Bertz CT molecular complexity index is 497. The van der Waals surface area contributed by atoms with Gasteiger partial charge in [-0.25, -0.2) is 0 Å². The predicted octanol–water partition coefficient (Wildman–Crippen LogP) is -0.550. The van der Waals surface area contributed by atoms with Crippen LogP contribution in [0.25, 0.3) is 0 Å². The molecule has 0 bridgehead atoms. The maximum Gasteiger partial charge on any atom is 0.304 e. The first kappa shape index (κ1) is 23.1. The number of hydrogen-bond donors (Lipinski definition) is 1. The molecule has 0 radical (unpaired) electrons. The number of nitrogens with two attached hydrogens (primary N) is 1. The largest absolute Gasteiger partial charge is 0.463 e. The molecule has 1 unspecified atom stereocenters. The summed E-state index contributed by atoms with van der Waals surface area (Å²) in [6.45, 7) is 4.32. The molecule has 0 spiro atoms. The minimum atomic E-state index is -1.26. The third kappa shape index (κ3) is 7.24. The standard InChI is InChI=1S/C14H21NO9.ClH/c1-6(16)20-5-10-12(21-7(2)17)13(22-8(3)18)11(15)14(24-10)23-9(4)19;/h10-14H,5,15H2,1-4H3;1H/t10-,11-,12+,13-,14?;/m1./s1. The van der Waals surface area contributed by atoms with Crippen LogP contribution in [0.15, 0.2) is 0 Å². The number of hydrogen-bond acceptors (Lipinski definition) is 10. The SMILES string of the molecule is CC(=O)OC[C@H]1OC(OC(C)=O)[C@H](N)[C@@H](OC(C)=O)[C@H]1OC(C)=O.Cl. The maximum atomic E-state index is 11.3. The molecule has 0 aliphatic carbocycles. The molecule has 1 rings (SSSR count). The minimum absolute atomic E-state index is 0. The van der Waals surface area contributed by atoms with Crippen LogP contribution < -0.4 is 5.73 Å². The van der Waals surface area contributed by atoms with Crippen molar-refractivity contribution in [3.05, 3.63) is 0 Å². The van der Waals surface area contributed by atoms with Crippen LogP contribution in [-0.2, 0) is 42.9 Å². The topological polar surface area (TPSA) is 140 Å². The lowest BCUT2D eigenvalue weighted by atomic mass is 9.97. The van der Waals surface area contributed by atoms with E-state index in [1.54, 1.807) is 0 Å². The van der Waals surface area contributed by atoms with Gasteiger partial charge < -0.3 is 29.4 Å². The molecule has 25 heavy (non-hydrogen) atoms. The molecular formula is C14H22ClNO9. The third-order valence-corrected chi connectivity index (χ3v) is 3.03. The van der Waals surface area contributed by atoms with Crippen LogP contribution in [0.4, 0.5) is 0 Å². The van der Waals surface area contributed by atoms with Gasteiger partial charge in [-0.05, 0) is 0 Å². The highest BCUT2D eigenvalue weighted by molar-refractivity contribution is 5.85. The van der Waals surface area contributed by atoms with E-state index in [2.05, 4.69) is 0 Å². The van der Waals surface area contributed by atoms with Gasteiger partial charge in [-0.15, -0.1) is 12.4 Å². The lowest BCUT2D eigenvalue weighted by Gasteiger charge is -2.42. The highest BCUT2D eigenvalue weighted by Gasteiger charge is 2.50. The summed E-state index contributed by atoms with van der Waals surface area (Å²) < 4.78 is 25.5. The molecule has 10 nitrogen and oxygen atoms in total. The Labute approximate surface area is 150 Å². The van der Waals surface area contributed by atoms with Crippen molar-refractivity contribution in [2.45, 2.75) is 58.3 Å². The first-order valence-electron chi connectivity index (χ1n) is 7.18. The number of halogens is 1. The van der Waals surface area contributed by atoms with Crippen molar-refractivity contribution in [1.82, 2.24) is 0 Å². The van der Waals surface area contributed by atoms with Crippen LogP contribution >= 0.6 is 12.4 Å². The molecule has 2 N–H and O–H groups in total. The van der Waals surface area contributed by atoms with Crippen molar-refractivity contribution in [3.63, 3.8) is 0 Å². The average molecular weight is 384 g/mol. The molecule has 0 saturated carbocycles. The Morgan fingerprint density at radius 2 is 1.32 bits per heavy atom. The summed E-state index contributed by atoms with van der Waals surface area (Å²) in [6, 6.07) is -1.10. The van der Waals surface area contributed by atoms with Crippen molar-refractivity contribution in [3.8, 4) is 0 Å². The van der Waals surface area contributed by atoms with E-state index in [9.17, 15) is 19.2 Å². The molecule has 0 aromatic rings. The molecule has 0 aromatic heterocycles. The second kappa shape index (κ2) is 10.2. The second-order valence-corrected chi connectivity index (χ2v) is 5.18. The zero-order valence-electron chi connectivity index (χ0n) is 14.3. The van der Waals surface area contributed by atoms with Gasteiger partial charge in [0, 0.05) is 27.7 Å². The van der Waals surface area contributed by atoms with Crippen molar-refractivity contribution in [2.24, 2.45) is 5.73 Å². The zero-order valence-corrected chi connectivity index (χ0v) is 15.1. The summed E-state index contributed by atoms with van der Waals surface area (Å²) in [6.07, 6.45) is -4.58. The molecule has 1 saturated heterocycles. The van der Waals surface area contributed by atoms with Crippen molar-refractivity contribution in [2.75, 3.05) is 6.61 Å². The Kier molecular flexibility index (Phi) is 9.39. The first-order valence-corrected chi connectivity index (χ1v) is 7.18. The van der Waals surface area contributed by atoms with E-state index in [1.807, 2.05) is 0 Å². The highest BCUT2D eigenvalue weighted by atomic mass is 35.5. The Balaban J connectivity index is 0.00000576. The molecule has 144 valence electrons. The van der Waals surface area contributed by atoms with Gasteiger partial charge in [0.1, 0.15) is 18.8 Å². The quantitative estimate of drug-likeness (QED) is 0.485. The average Bonchev–Trinajstić information content (AvgIpc) is 2.42. The summed E-state index contributed by atoms with van der Waals surface area (Å²) in [4.78, 5) is 44.9. The van der Waals surface area contributed by atoms with E-state index in [0.29, 0.717) is 0 Å². The highest BCUT2D eigenvalue weighted by Crippen LogP contribution is 2.26. The molecular weight excluding hydrogens is 362 g/mol. The lowest BCUT2D eigenvalue weighted by molar-refractivity contribution is -0.267. The third-order valence-electron chi connectivity index (χ3n) is 3.03. The Hall–Kier alpha value is -1.91. The Morgan fingerprint density at radius 1 is 0.840 bits per heavy atom. The maximum absolute atomic E-state index is 11.3. The lowest BCUT2D eigenvalue weighted by Crippen LogP contribution is -2.65. The summed E-state index contributed by atoms with van der Waals surface area (Å²) in [5.74, 6) is -2.62. The van der Waals surface area contributed by atoms with E-state index in [-0.39, 0.29) is 19.0 Å². The molecule has 0 amide bonds. The van der Waals surface area contributed by atoms with Crippen molar-refractivity contribution >= 4 is 36.3 Å². The van der Waals surface area contributed by atoms with Crippen LogP contribution in [0, 0.1) is 0 Å². The number of esters is 4. The van der Waals surface area contributed by atoms with E-state index in [4.69, 9.17) is 29.4 Å². The summed E-state index contributed by atoms with van der Waals surface area (Å²) in [5.41, 5.74) is 5.93. The van der Waals surface area contributed by atoms with Crippen LogP contribution in [0.2, 0.25) is 0 Å². The number of carbonyl (C=O) groups is 4. The number of rotatable bonds is 5. The number of carbonyl (C=O) groups excluding carboxylic acids is 4. The first-order chi connectivity index (χ1) is 11.1. The van der Waals surface area contributed by atoms with Gasteiger partial charge >= 0.3 is 23.9 Å².